The van der Waals surface area contributed by atoms with E-state index < -0.39 is 0 Å². The Kier molecular flexibility index (Phi) is 6.97. The maximum Gasteiger partial charge on any atom is 0.305 e. The van der Waals surface area contributed by atoms with E-state index in [4.69, 9.17) is 4.74 Å². The van der Waals surface area contributed by atoms with Gasteiger partial charge in [-0.3, -0.25) is 9.59 Å². The van der Waals surface area contributed by atoms with Gasteiger partial charge in [-0.05, 0) is 25.0 Å². The number of nitrogens with zero attached hydrogens (tertiary/aromatic N) is 2. The molecule has 0 bridgehead atoms. The minimum atomic E-state index is -0.270. The van der Waals surface area contributed by atoms with E-state index in [0.29, 0.717) is 6.42 Å². The Morgan fingerprint density at radius 3 is 2.62 bits per heavy atom. The Morgan fingerprint density at radius 2 is 1.96 bits per heavy atom. The minimum Gasteiger partial charge on any atom is -0.469 e. The monoisotopic (exact) mass is 330 g/mol. The lowest BCUT2D eigenvalue weighted by molar-refractivity contribution is -0.140. The van der Waals surface area contributed by atoms with Gasteiger partial charge in [-0.1, -0.05) is 50.8 Å². The van der Waals surface area contributed by atoms with Crippen LogP contribution in [0.1, 0.15) is 51.9 Å². The molecule has 1 aromatic carbocycles. The van der Waals surface area contributed by atoms with E-state index in [9.17, 15) is 9.59 Å². The number of hydrazone groups is 1. The van der Waals surface area contributed by atoms with Crippen molar-refractivity contribution >= 4 is 23.3 Å². The highest BCUT2D eigenvalue weighted by Crippen LogP contribution is 2.28. The summed E-state index contributed by atoms with van der Waals surface area (Å²) < 4.78 is 4.70. The number of para-hydroxylation sites is 1. The van der Waals surface area contributed by atoms with Gasteiger partial charge in [0.2, 0.25) is 0 Å². The first-order valence-electron chi connectivity index (χ1n) is 8.70. The number of hydrogen-bond acceptors (Lipinski definition) is 4. The van der Waals surface area contributed by atoms with Crippen LogP contribution in [0.3, 0.4) is 0 Å². The summed E-state index contributed by atoms with van der Waals surface area (Å²) in [6.07, 6.45) is 6.00. The molecule has 24 heavy (non-hydrogen) atoms. The van der Waals surface area contributed by atoms with Crippen LogP contribution in [0.25, 0.3) is 0 Å². The van der Waals surface area contributed by atoms with Crippen LogP contribution >= 0.6 is 0 Å². The van der Waals surface area contributed by atoms with Gasteiger partial charge in [-0.2, -0.15) is 5.10 Å². The summed E-state index contributed by atoms with van der Waals surface area (Å²) in [5.74, 6) is -0.475. The Balaban J connectivity index is 2.09. The number of rotatable bonds is 9. The lowest BCUT2D eigenvalue weighted by Gasteiger charge is -2.14. The molecule has 0 saturated carbocycles. The number of hydrogen-bond donors (Lipinski definition) is 0. The van der Waals surface area contributed by atoms with Crippen molar-refractivity contribution in [3.63, 3.8) is 0 Å². The molecule has 5 nitrogen and oxygen atoms in total. The highest BCUT2D eigenvalue weighted by atomic mass is 16.5. The molecule has 1 heterocycles. The fourth-order valence-corrected chi connectivity index (χ4v) is 2.91. The maximum atomic E-state index is 12.8. The Morgan fingerprint density at radius 1 is 1.21 bits per heavy atom. The van der Waals surface area contributed by atoms with E-state index in [0.717, 1.165) is 37.1 Å². The van der Waals surface area contributed by atoms with Gasteiger partial charge in [-0.15, -0.1) is 0 Å². The second kappa shape index (κ2) is 9.21. The Bertz CT molecular complexity index is 584. The molecule has 0 aliphatic carbocycles. The van der Waals surface area contributed by atoms with E-state index in [1.54, 1.807) is 0 Å². The van der Waals surface area contributed by atoms with E-state index in [1.807, 2.05) is 30.3 Å². The molecule has 1 aliphatic rings. The van der Waals surface area contributed by atoms with Crippen molar-refractivity contribution < 1.29 is 14.3 Å². The number of amides is 1. The molecule has 1 atom stereocenters. The first-order chi connectivity index (χ1) is 11.7. The molecule has 2 rings (SSSR count). The predicted octanol–water partition coefficient (Wildman–Crippen LogP) is 3.93. The number of esters is 1. The molecule has 0 radical (unpaired) electrons. The van der Waals surface area contributed by atoms with E-state index in [1.165, 1.54) is 18.5 Å². The van der Waals surface area contributed by atoms with E-state index in [2.05, 4.69) is 12.0 Å². The summed E-state index contributed by atoms with van der Waals surface area (Å²) in [6.45, 7) is 2.17. The zero-order chi connectivity index (χ0) is 17.4. The van der Waals surface area contributed by atoms with Crippen LogP contribution in [-0.2, 0) is 14.3 Å². The lowest BCUT2D eigenvalue weighted by atomic mass is 9.93. The molecule has 130 valence electrons. The highest BCUT2D eigenvalue weighted by Gasteiger charge is 2.35. The Labute approximate surface area is 143 Å². The SMILES string of the molecule is CCCCCCC1C(=O)N(c2ccccc2)N=C1CCC(=O)OC. The normalized spacial score (nSPS) is 17.1. The highest BCUT2D eigenvalue weighted by molar-refractivity contribution is 6.15. The van der Waals surface area contributed by atoms with Crippen LogP contribution in [-0.4, -0.2) is 24.7 Å². The molecule has 5 heteroatoms. The van der Waals surface area contributed by atoms with Crippen LogP contribution in [0.4, 0.5) is 5.69 Å². The average molecular weight is 330 g/mol. The van der Waals surface area contributed by atoms with Crippen LogP contribution in [0.15, 0.2) is 35.4 Å². The van der Waals surface area contributed by atoms with Gasteiger partial charge in [0.1, 0.15) is 0 Å². The molecule has 1 aromatic rings. The van der Waals surface area contributed by atoms with Crippen molar-refractivity contribution in [2.24, 2.45) is 11.0 Å². The first-order valence-corrected chi connectivity index (χ1v) is 8.70. The minimum absolute atomic E-state index is 0.0116. The average Bonchev–Trinajstić information content (AvgIpc) is 2.93. The standard InChI is InChI=1S/C19H26N2O3/c1-3-4-5-9-12-16-17(13-14-18(22)24-2)20-21(19(16)23)15-10-7-6-8-11-15/h6-8,10-11,16H,3-5,9,12-14H2,1-2H3. The van der Waals surface area contributed by atoms with Crippen molar-refractivity contribution in [2.45, 2.75) is 51.9 Å². The van der Waals surface area contributed by atoms with Crippen molar-refractivity contribution in [1.82, 2.24) is 0 Å². The summed E-state index contributed by atoms with van der Waals surface area (Å²) in [7, 11) is 1.38. The molecule has 0 spiro atoms. The fourth-order valence-electron chi connectivity index (χ4n) is 2.91. The third-order valence-corrected chi connectivity index (χ3v) is 4.30. The van der Waals surface area contributed by atoms with Gasteiger partial charge in [-0.25, -0.2) is 5.01 Å². The second-order valence-electron chi connectivity index (χ2n) is 6.05. The third-order valence-electron chi connectivity index (χ3n) is 4.30. The number of carbonyl (C=O) groups excluding carboxylic acids is 2. The second-order valence-corrected chi connectivity index (χ2v) is 6.05. The molecule has 0 saturated heterocycles. The number of ether oxygens (including phenoxy) is 1. The van der Waals surface area contributed by atoms with Gasteiger partial charge in [0.05, 0.1) is 30.8 Å². The maximum absolute atomic E-state index is 12.8. The molecule has 0 N–H and O–H groups in total. The van der Waals surface area contributed by atoms with Crippen molar-refractivity contribution in [3.8, 4) is 0 Å². The summed E-state index contributed by atoms with van der Waals surface area (Å²) in [6, 6.07) is 9.44. The topological polar surface area (TPSA) is 59.0 Å². The van der Waals surface area contributed by atoms with Gasteiger partial charge in [0, 0.05) is 0 Å². The van der Waals surface area contributed by atoms with Crippen LogP contribution < -0.4 is 5.01 Å². The molecule has 1 amide bonds. The number of anilines is 1. The number of benzene rings is 1. The van der Waals surface area contributed by atoms with E-state index >= 15 is 0 Å². The van der Waals surface area contributed by atoms with Gasteiger partial charge in [0.25, 0.3) is 5.91 Å². The summed E-state index contributed by atoms with van der Waals surface area (Å²) in [5.41, 5.74) is 1.57. The number of methoxy groups -OCH3 is 1. The predicted molar refractivity (Wildman–Crippen MR) is 94.9 cm³/mol. The fraction of sp³-hybridized carbons (Fsp3) is 0.526. The van der Waals surface area contributed by atoms with Crippen molar-refractivity contribution in [3.05, 3.63) is 30.3 Å². The van der Waals surface area contributed by atoms with Crippen molar-refractivity contribution in [2.75, 3.05) is 12.1 Å². The molecule has 0 aromatic heterocycles. The molecule has 1 unspecified atom stereocenters. The van der Waals surface area contributed by atoms with Gasteiger partial charge in [0.15, 0.2) is 0 Å². The van der Waals surface area contributed by atoms with Crippen molar-refractivity contribution in [1.29, 1.82) is 0 Å². The zero-order valence-corrected chi connectivity index (χ0v) is 14.5. The number of unbranched alkanes of at least 4 members (excludes halogenated alkanes) is 3. The third kappa shape index (κ3) is 4.66. The van der Waals surface area contributed by atoms with E-state index in [-0.39, 0.29) is 24.2 Å². The summed E-state index contributed by atoms with van der Waals surface area (Å²) in [5, 5.41) is 6.00. The largest absolute Gasteiger partial charge is 0.469 e. The number of carbonyl (C=O) groups is 2. The summed E-state index contributed by atoms with van der Waals surface area (Å²) in [4.78, 5) is 24.2. The molecular formula is C19H26N2O3. The molecule has 0 fully saturated rings. The van der Waals surface area contributed by atoms with Gasteiger partial charge < -0.3 is 4.74 Å². The zero-order valence-electron chi connectivity index (χ0n) is 14.5. The van der Waals surface area contributed by atoms with Crippen LogP contribution in [0.2, 0.25) is 0 Å². The smallest absolute Gasteiger partial charge is 0.305 e. The van der Waals surface area contributed by atoms with Crippen LogP contribution in [0, 0.1) is 5.92 Å². The first kappa shape index (κ1) is 18.2. The molecule has 1 aliphatic heterocycles. The quantitative estimate of drug-likeness (QED) is 0.509. The van der Waals surface area contributed by atoms with Crippen LogP contribution in [0.5, 0.6) is 0 Å². The van der Waals surface area contributed by atoms with Gasteiger partial charge >= 0.3 is 5.97 Å². The molecular weight excluding hydrogens is 304 g/mol. The Hall–Kier alpha value is -2.17. The summed E-state index contributed by atoms with van der Waals surface area (Å²) >= 11 is 0. The lowest BCUT2D eigenvalue weighted by Crippen LogP contribution is -2.27.